The summed E-state index contributed by atoms with van der Waals surface area (Å²) in [7, 11) is 0. The SMILES string of the molecule is O=C(CNC(=O)c1ccccc1)CC(NC(=O)c1ccccc1)C(=O)O. The van der Waals surface area contributed by atoms with Crippen LogP contribution in [0.3, 0.4) is 0 Å². The van der Waals surface area contributed by atoms with Gasteiger partial charge in [0.15, 0.2) is 5.78 Å². The van der Waals surface area contributed by atoms with Crippen molar-refractivity contribution in [1.82, 2.24) is 10.6 Å². The fraction of sp³-hybridized carbons (Fsp3) is 0.158. The van der Waals surface area contributed by atoms with E-state index in [0.29, 0.717) is 11.1 Å². The van der Waals surface area contributed by atoms with Crippen molar-refractivity contribution >= 4 is 23.6 Å². The lowest BCUT2D eigenvalue weighted by Crippen LogP contribution is -2.43. The molecule has 7 heteroatoms. The van der Waals surface area contributed by atoms with Gasteiger partial charge in [0, 0.05) is 17.5 Å². The first kappa shape index (κ1) is 18.9. The maximum Gasteiger partial charge on any atom is 0.326 e. The molecule has 0 aliphatic carbocycles. The lowest BCUT2D eigenvalue weighted by atomic mass is 10.1. The smallest absolute Gasteiger partial charge is 0.326 e. The number of carboxylic acid groups (broad SMARTS) is 1. The molecule has 2 aromatic rings. The number of benzene rings is 2. The van der Waals surface area contributed by atoms with E-state index in [4.69, 9.17) is 0 Å². The Labute approximate surface area is 150 Å². The van der Waals surface area contributed by atoms with Crippen LogP contribution in [0.15, 0.2) is 60.7 Å². The number of Topliss-reactive ketones (excluding diaryl/α,β-unsaturated/α-hetero) is 1. The van der Waals surface area contributed by atoms with Crippen molar-refractivity contribution in [3.05, 3.63) is 71.8 Å². The van der Waals surface area contributed by atoms with E-state index < -0.39 is 36.0 Å². The molecule has 1 unspecified atom stereocenters. The molecule has 0 spiro atoms. The summed E-state index contributed by atoms with van der Waals surface area (Å²) < 4.78 is 0. The highest BCUT2D eigenvalue weighted by molar-refractivity contribution is 5.99. The second-order valence-corrected chi connectivity index (χ2v) is 5.52. The molecule has 134 valence electrons. The number of nitrogens with one attached hydrogen (secondary N) is 2. The zero-order valence-electron chi connectivity index (χ0n) is 13.8. The summed E-state index contributed by atoms with van der Waals surface area (Å²) >= 11 is 0. The number of hydrogen-bond donors (Lipinski definition) is 3. The van der Waals surface area contributed by atoms with Gasteiger partial charge < -0.3 is 15.7 Å². The second-order valence-electron chi connectivity index (χ2n) is 5.52. The molecule has 7 nitrogen and oxygen atoms in total. The summed E-state index contributed by atoms with van der Waals surface area (Å²) in [5.74, 6) is -2.84. The lowest BCUT2D eigenvalue weighted by Gasteiger charge is -2.14. The minimum absolute atomic E-state index is 0.295. The van der Waals surface area contributed by atoms with Crippen LogP contribution in [0.25, 0.3) is 0 Å². The van der Waals surface area contributed by atoms with Crippen molar-refractivity contribution in [2.24, 2.45) is 0 Å². The Hall–Kier alpha value is -3.48. The molecular weight excluding hydrogens is 336 g/mol. The monoisotopic (exact) mass is 354 g/mol. The number of ketones is 1. The highest BCUT2D eigenvalue weighted by atomic mass is 16.4. The standard InChI is InChI=1S/C19H18N2O5/c22-15(12-20-17(23)13-7-3-1-4-8-13)11-16(19(25)26)21-18(24)14-9-5-2-6-10-14/h1-10,16H,11-12H2,(H,20,23)(H,21,24)(H,25,26). The Balaban J connectivity index is 1.88. The molecule has 26 heavy (non-hydrogen) atoms. The maximum atomic E-state index is 12.0. The lowest BCUT2D eigenvalue weighted by molar-refractivity contribution is -0.140. The first-order valence-corrected chi connectivity index (χ1v) is 7.91. The molecule has 0 aliphatic heterocycles. The predicted molar refractivity (Wildman–Crippen MR) is 93.7 cm³/mol. The van der Waals surface area contributed by atoms with Crippen LogP contribution < -0.4 is 10.6 Å². The number of amides is 2. The summed E-state index contributed by atoms with van der Waals surface area (Å²) in [6.45, 7) is -0.321. The average molecular weight is 354 g/mol. The molecule has 0 saturated heterocycles. The quantitative estimate of drug-likeness (QED) is 0.661. The third-order valence-electron chi connectivity index (χ3n) is 3.55. The molecule has 0 saturated carbocycles. The molecule has 0 fully saturated rings. The van der Waals surface area contributed by atoms with Crippen LogP contribution in [0.4, 0.5) is 0 Å². The van der Waals surface area contributed by atoms with Gasteiger partial charge in [-0.05, 0) is 24.3 Å². The van der Waals surface area contributed by atoms with Gasteiger partial charge in [0.2, 0.25) is 0 Å². The molecule has 2 rings (SSSR count). The molecule has 0 bridgehead atoms. The van der Waals surface area contributed by atoms with Gasteiger partial charge in [0.05, 0.1) is 6.54 Å². The molecule has 2 amide bonds. The molecule has 0 radical (unpaired) electrons. The van der Waals surface area contributed by atoms with Crippen LogP contribution in [0.2, 0.25) is 0 Å². The molecule has 0 aliphatic rings. The highest BCUT2D eigenvalue weighted by Gasteiger charge is 2.24. The van der Waals surface area contributed by atoms with Crippen LogP contribution in [0.1, 0.15) is 27.1 Å². The summed E-state index contributed by atoms with van der Waals surface area (Å²) in [5.41, 5.74) is 0.691. The zero-order valence-corrected chi connectivity index (χ0v) is 13.8. The summed E-state index contributed by atoms with van der Waals surface area (Å²) in [6, 6.07) is 15.1. The van der Waals surface area contributed by atoms with Gasteiger partial charge in [0.25, 0.3) is 11.8 Å². The number of hydrogen-bond acceptors (Lipinski definition) is 4. The Morgan fingerprint density at radius 1 is 0.808 bits per heavy atom. The van der Waals surface area contributed by atoms with Crippen molar-refractivity contribution in [1.29, 1.82) is 0 Å². The van der Waals surface area contributed by atoms with Crippen LogP contribution in [0, 0.1) is 0 Å². The molecule has 0 aromatic heterocycles. The molecule has 0 heterocycles. The van der Waals surface area contributed by atoms with Crippen molar-refractivity contribution in [2.45, 2.75) is 12.5 Å². The van der Waals surface area contributed by atoms with E-state index in [0.717, 1.165) is 0 Å². The van der Waals surface area contributed by atoms with Gasteiger partial charge >= 0.3 is 5.97 Å². The zero-order chi connectivity index (χ0) is 18.9. The van der Waals surface area contributed by atoms with Crippen molar-refractivity contribution in [3.8, 4) is 0 Å². The summed E-state index contributed by atoms with van der Waals surface area (Å²) in [4.78, 5) is 47.2. The van der Waals surface area contributed by atoms with E-state index >= 15 is 0 Å². The number of aliphatic carboxylic acids is 1. The van der Waals surface area contributed by atoms with E-state index in [1.54, 1.807) is 48.5 Å². The Morgan fingerprint density at radius 2 is 1.31 bits per heavy atom. The second kappa shape index (κ2) is 9.12. The number of carbonyl (C=O) groups excluding carboxylic acids is 3. The largest absolute Gasteiger partial charge is 0.480 e. The third-order valence-corrected chi connectivity index (χ3v) is 3.55. The van der Waals surface area contributed by atoms with Gasteiger partial charge in [-0.2, -0.15) is 0 Å². The van der Waals surface area contributed by atoms with Crippen molar-refractivity contribution in [3.63, 3.8) is 0 Å². The van der Waals surface area contributed by atoms with Gasteiger partial charge in [-0.1, -0.05) is 36.4 Å². The van der Waals surface area contributed by atoms with Crippen molar-refractivity contribution < 1.29 is 24.3 Å². The van der Waals surface area contributed by atoms with E-state index in [1.165, 1.54) is 12.1 Å². The topological polar surface area (TPSA) is 113 Å². The first-order chi connectivity index (χ1) is 12.5. The summed E-state index contributed by atoms with van der Waals surface area (Å²) in [6.07, 6.45) is -0.428. The van der Waals surface area contributed by atoms with E-state index in [-0.39, 0.29) is 6.54 Å². The number of rotatable bonds is 8. The van der Waals surface area contributed by atoms with Crippen LogP contribution >= 0.6 is 0 Å². The van der Waals surface area contributed by atoms with Gasteiger partial charge in [-0.3, -0.25) is 14.4 Å². The number of carboxylic acids is 1. The molecule has 3 N–H and O–H groups in total. The van der Waals surface area contributed by atoms with Crippen LogP contribution in [-0.2, 0) is 9.59 Å². The Bertz CT molecular complexity index is 790. The number of carbonyl (C=O) groups is 4. The predicted octanol–water partition coefficient (Wildman–Crippen LogP) is 1.26. The maximum absolute atomic E-state index is 12.0. The van der Waals surface area contributed by atoms with E-state index in [2.05, 4.69) is 10.6 Å². The molecular formula is C19H18N2O5. The minimum atomic E-state index is -1.37. The van der Waals surface area contributed by atoms with Crippen molar-refractivity contribution in [2.75, 3.05) is 6.54 Å². The van der Waals surface area contributed by atoms with Gasteiger partial charge in [-0.25, -0.2) is 4.79 Å². The van der Waals surface area contributed by atoms with E-state index in [9.17, 15) is 24.3 Å². The minimum Gasteiger partial charge on any atom is -0.480 e. The van der Waals surface area contributed by atoms with Crippen LogP contribution in [0.5, 0.6) is 0 Å². The fourth-order valence-corrected chi connectivity index (χ4v) is 2.20. The van der Waals surface area contributed by atoms with Gasteiger partial charge in [0.1, 0.15) is 6.04 Å². The highest BCUT2D eigenvalue weighted by Crippen LogP contribution is 2.02. The first-order valence-electron chi connectivity index (χ1n) is 7.91. The fourth-order valence-electron chi connectivity index (χ4n) is 2.20. The average Bonchev–Trinajstić information content (AvgIpc) is 2.66. The normalized spacial score (nSPS) is 11.2. The van der Waals surface area contributed by atoms with Gasteiger partial charge in [-0.15, -0.1) is 0 Å². The molecule has 2 aromatic carbocycles. The van der Waals surface area contributed by atoms with Crippen LogP contribution in [-0.4, -0.2) is 41.3 Å². The Morgan fingerprint density at radius 3 is 1.81 bits per heavy atom. The third kappa shape index (κ3) is 5.55. The Kier molecular flexibility index (Phi) is 6.61. The summed E-state index contributed by atoms with van der Waals surface area (Å²) in [5, 5.41) is 14.0. The van der Waals surface area contributed by atoms with E-state index in [1.807, 2.05) is 0 Å². The molecule has 1 atom stereocenters.